The fourth-order valence-corrected chi connectivity index (χ4v) is 6.13. The highest BCUT2D eigenvalue weighted by atomic mass is 32.1. The number of aromatic nitrogens is 2. The van der Waals surface area contributed by atoms with E-state index < -0.39 is 5.97 Å². The molecule has 0 radical (unpaired) electrons. The molecule has 2 aliphatic heterocycles. The normalized spacial score (nSPS) is 18.8. The molecule has 2 fully saturated rings. The minimum Gasteiger partial charge on any atom is -0.497 e. The zero-order chi connectivity index (χ0) is 27.0. The fourth-order valence-electron chi connectivity index (χ4n) is 6.05. The van der Waals surface area contributed by atoms with Crippen molar-refractivity contribution in [2.24, 2.45) is 0 Å². The number of hydrogen-bond donors (Lipinski definition) is 1. The number of fused-ring (bicyclic) bond motifs is 1. The van der Waals surface area contributed by atoms with Gasteiger partial charge in [-0.25, -0.2) is 9.48 Å². The lowest BCUT2D eigenvalue weighted by molar-refractivity contribution is 0.0166. The maximum absolute atomic E-state index is 13.9. The first-order valence-corrected chi connectivity index (χ1v) is 13.7. The first-order chi connectivity index (χ1) is 19.0. The van der Waals surface area contributed by atoms with Crippen LogP contribution in [0.4, 0.5) is 5.69 Å². The summed E-state index contributed by atoms with van der Waals surface area (Å²) in [5.41, 5.74) is 4.00. The molecule has 0 atom stereocenters. The van der Waals surface area contributed by atoms with E-state index >= 15 is 0 Å². The summed E-state index contributed by atoms with van der Waals surface area (Å²) >= 11 is 3.68. The monoisotopic (exact) mass is 548 g/mol. The van der Waals surface area contributed by atoms with Crippen molar-refractivity contribution in [3.8, 4) is 11.4 Å². The van der Waals surface area contributed by atoms with E-state index in [-0.39, 0.29) is 17.0 Å². The molecule has 10 heteroatoms. The Morgan fingerprint density at radius 1 is 1.03 bits per heavy atom. The van der Waals surface area contributed by atoms with Crippen LogP contribution in [0.3, 0.4) is 0 Å². The largest absolute Gasteiger partial charge is 0.497 e. The molecule has 0 N–H and O–H groups in total. The van der Waals surface area contributed by atoms with Gasteiger partial charge >= 0.3 is 5.97 Å². The molecule has 204 valence electrons. The maximum Gasteiger partial charge on any atom is 0.370 e. The number of anilines is 1. The van der Waals surface area contributed by atoms with Crippen LogP contribution in [0.15, 0.2) is 48.5 Å². The summed E-state index contributed by atoms with van der Waals surface area (Å²) in [6.45, 7) is 5.05. The van der Waals surface area contributed by atoms with Crippen LogP contribution >= 0.6 is 12.9 Å². The van der Waals surface area contributed by atoms with Gasteiger partial charge in [0.1, 0.15) is 11.4 Å². The van der Waals surface area contributed by atoms with E-state index in [0.29, 0.717) is 35.7 Å². The smallest absolute Gasteiger partial charge is 0.370 e. The Hall–Kier alpha value is -3.34. The number of rotatable bonds is 7. The quantitative estimate of drug-likeness (QED) is 0.355. The van der Waals surface area contributed by atoms with E-state index in [0.717, 1.165) is 38.5 Å². The van der Waals surface area contributed by atoms with Gasteiger partial charge in [0.15, 0.2) is 5.69 Å². The minimum absolute atomic E-state index is 0.106. The predicted molar refractivity (Wildman–Crippen MR) is 149 cm³/mol. The van der Waals surface area contributed by atoms with E-state index in [9.17, 15) is 9.59 Å². The zero-order valence-corrected chi connectivity index (χ0v) is 22.9. The Kier molecular flexibility index (Phi) is 7.09. The number of hydrogen-bond acceptors (Lipinski definition) is 8. The van der Waals surface area contributed by atoms with Crippen molar-refractivity contribution in [2.75, 3.05) is 51.4 Å². The molecular formula is C29H32N4O5S. The van der Waals surface area contributed by atoms with Crippen molar-refractivity contribution in [1.82, 2.24) is 14.7 Å². The summed E-state index contributed by atoms with van der Waals surface area (Å²) in [6, 6.07) is 15.6. The Labute approximate surface area is 233 Å². The molecule has 1 aromatic heterocycles. The molecule has 3 aromatic rings. The van der Waals surface area contributed by atoms with Gasteiger partial charge in [-0.15, -0.1) is 0 Å². The number of benzene rings is 2. The molecule has 6 rings (SSSR count). The van der Waals surface area contributed by atoms with Gasteiger partial charge in [0, 0.05) is 55.8 Å². The number of ether oxygens (including phenoxy) is 2. The van der Waals surface area contributed by atoms with Gasteiger partial charge in [0.05, 0.1) is 26.0 Å². The topological polar surface area (TPSA) is 86.1 Å². The van der Waals surface area contributed by atoms with E-state index in [4.69, 9.17) is 9.47 Å². The van der Waals surface area contributed by atoms with Gasteiger partial charge in [-0.2, -0.15) is 5.10 Å². The first kappa shape index (κ1) is 25.9. The molecule has 0 unspecified atom stereocenters. The van der Waals surface area contributed by atoms with Crippen molar-refractivity contribution in [3.05, 3.63) is 71.0 Å². The van der Waals surface area contributed by atoms with Crippen LogP contribution in [0, 0.1) is 0 Å². The van der Waals surface area contributed by atoms with Crippen molar-refractivity contribution in [2.45, 2.75) is 31.1 Å². The summed E-state index contributed by atoms with van der Waals surface area (Å²) in [5, 5.41) is 4.48. The first-order valence-electron chi connectivity index (χ1n) is 13.4. The van der Waals surface area contributed by atoms with Gasteiger partial charge in [0.2, 0.25) is 0 Å². The summed E-state index contributed by atoms with van der Waals surface area (Å²) in [5.74, 6) is -0.212. The molecular weight excluding hydrogens is 516 g/mol. The van der Waals surface area contributed by atoms with Crippen molar-refractivity contribution in [3.63, 3.8) is 0 Å². The van der Waals surface area contributed by atoms with Crippen molar-refractivity contribution in [1.29, 1.82) is 0 Å². The number of carbonyl (C=O) groups excluding carboxylic acids is 2. The summed E-state index contributed by atoms with van der Waals surface area (Å²) in [4.78, 5) is 30.7. The Morgan fingerprint density at radius 3 is 2.33 bits per heavy atom. The van der Waals surface area contributed by atoms with Crippen LogP contribution < -0.4 is 9.64 Å². The fraction of sp³-hybridized carbons (Fsp3) is 0.414. The number of thiol groups is 1. The van der Waals surface area contributed by atoms with Crippen LogP contribution in [-0.4, -0.2) is 73.1 Å². The van der Waals surface area contributed by atoms with Crippen molar-refractivity contribution < 1.29 is 23.2 Å². The van der Waals surface area contributed by atoms with Crippen LogP contribution in [0.5, 0.6) is 5.75 Å². The second kappa shape index (κ2) is 10.7. The van der Waals surface area contributed by atoms with Crippen LogP contribution in [0.25, 0.3) is 5.69 Å². The van der Waals surface area contributed by atoms with Gasteiger partial charge in [-0.05, 0) is 61.2 Å². The van der Waals surface area contributed by atoms with Crippen LogP contribution in [-0.2, 0) is 20.8 Å². The average Bonchev–Trinajstić information content (AvgIpc) is 3.36. The van der Waals surface area contributed by atoms with E-state index in [1.165, 1.54) is 29.5 Å². The summed E-state index contributed by atoms with van der Waals surface area (Å²) in [6.07, 6.45) is 4.07. The Balaban J connectivity index is 1.29. The van der Waals surface area contributed by atoms with E-state index in [1.54, 1.807) is 36.3 Å². The van der Waals surface area contributed by atoms with Gasteiger partial charge in [0.25, 0.3) is 5.91 Å². The molecule has 1 amide bonds. The molecule has 2 aromatic carbocycles. The predicted octanol–water partition coefficient (Wildman–Crippen LogP) is 3.84. The minimum atomic E-state index is -0.682. The second-order valence-electron chi connectivity index (χ2n) is 10.4. The molecule has 1 saturated carbocycles. The van der Waals surface area contributed by atoms with E-state index in [1.807, 2.05) is 0 Å². The van der Waals surface area contributed by atoms with Gasteiger partial charge < -0.3 is 18.6 Å². The lowest BCUT2D eigenvalue weighted by Crippen LogP contribution is -2.49. The SMILES string of the molecule is COc1ccc(-n2nc(C(=O)OS)c3c2C(=O)N(c2ccc(C4(CN5CCOCC5)CCC4)cc2)CC3)cc1. The highest BCUT2D eigenvalue weighted by molar-refractivity contribution is 7.75. The lowest BCUT2D eigenvalue weighted by atomic mass is 9.64. The number of morpholine rings is 1. The molecule has 1 aliphatic carbocycles. The van der Waals surface area contributed by atoms with Crippen LogP contribution in [0.2, 0.25) is 0 Å². The third kappa shape index (κ3) is 4.70. The number of methoxy groups -OCH3 is 1. The van der Waals surface area contributed by atoms with E-state index in [2.05, 4.69) is 51.4 Å². The third-order valence-electron chi connectivity index (χ3n) is 8.34. The standard InChI is InChI=1S/C29H32N4O5S/c1-36-23-9-7-22(8-10-23)33-26-24(25(30-33)28(35)38-39)11-14-32(27(26)34)21-5-3-20(4-6-21)29(12-2-13-29)19-31-15-17-37-18-16-31/h3-10,39H,2,11-19H2,1H3. The lowest BCUT2D eigenvalue weighted by Gasteiger charge is -2.46. The number of amides is 1. The Morgan fingerprint density at radius 2 is 1.72 bits per heavy atom. The summed E-state index contributed by atoms with van der Waals surface area (Å²) in [7, 11) is 1.59. The molecule has 3 heterocycles. The highest BCUT2D eigenvalue weighted by Crippen LogP contribution is 2.45. The maximum atomic E-state index is 13.9. The second-order valence-corrected chi connectivity index (χ2v) is 10.6. The molecule has 39 heavy (non-hydrogen) atoms. The third-order valence-corrected chi connectivity index (χ3v) is 8.51. The zero-order valence-electron chi connectivity index (χ0n) is 22.0. The molecule has 0 spiro atoms. The van der Waals surface area contributed by atoms with Gasteiger partial charge in [-0.3, -0.25) is 9.69 Å². The molecule has 9 nitrogen and oxygen atoms in total. The Bertz CT molecular complexity index is 1360. The van der Waals surface area contributed by atoms with Crippen molar-refractivity contribution >= 4 is 30.5 Å². The average molecular weight is 549 g/mol. The highest BCUT2D eigenvalue weighted by Gasteiger charge is 2.41. The molecule has 0 bridgehead atoms. The van der Waals surface area contributed by atoms with Crippen LogP contribution in [0.1, 0.15) is 51.4 Å². The number of nitrogens with zero attached hydrogens (tertiary/aromatic N) is 4. The van der Waals surface area contributed by atoms with Gasteiger partial charge in [-0.1, -0.05) is 18.6 Å². The molecule has 3 aliphatic rings. The summed E-state index contributed by atoms with van der Waals surface area (Å²) < 4.78 is 17.0. The molecule has 1 saturated heterocycles. The number of carbonyl (C=O) groups is 2.